The van der Waals surface area contributed by atoms with Crippen molar-refractivity contribution >= 4 is 17.3 Å². The summed E-state index contributed by atoms with van der Waals surface area (Å²) in [6.07, 6.45) is 2.01. The molecule has 0 atom stereocenters. The van der Waals surface area contributed by atoms with E-state index in [-0.39, 0.29) is 17.7 Å². The molecule has 0 spiro atoms. The Balaban J connectivity index is 2.12. The average Bonchev–Trinajstić information content (AvgIpc) is 2.59. The van der Waals surface area contributed by atoms with E-state index in [1.807, 2.05) is 0 Å². The third kappa shape index (κ3) is 4.44. The number of carbonyl (C=O) groups excluding carboxylic acids is 1. The summed E-state index contributed by atoms with van der Waals surface area (Å²) in [5.41, 5.74) is 1.00. The quantitative estimate of drug-likeness (QED) is 0.638. The van der Waals surface area contributed by atoms with Gasteiger partial charge in [-0.1, -0.05) is 13.8 Å². The van der Waals surface area contributed by atoms with Crippen LogP contribution in [0.4, 0.5) is 11.4 Å². The lowest BCUT2D eigenvalue weighted by molar-refractivity contribution is -0.384. The smallest absolute Gasteiger partial charge is 0.270 e. The zero-order valence-corrected chi connectivity index (χ0v) is 14.4. The maximum Gasteiger partial charge on any atom is 0.270 e. The van der Waals surface area contributed by atoms with Gasteiger partial charge in [-0.25, -0.2) is 0 Å². The van der Waals surface area contributed by atoms with E-state index in [0.717, 1.165) is 38.2 Å². The maximum atomic E-state index is 12.1. The number of hydrogen-bond donors (Lipinski definition) is 1. The normalized spacial score (nSPS) is 15.6. The number of rotatable bonds is 6. The summed E-state index contributed by atoms with van der Waals surface area (Å²) < 4.78 is 5.88. The molecule has 2 rings (SSSR count). The van der Waals surface area contributed by atoms with Gasteiger partial charge in [0.25, 0.3) is 11.6 Å². The number of ether oxygens (including phenoxy) is 1. The van der Waals surface area contributed by atoms with E-state index in [1.165, 1.54) is 19.2 Å². The van der Waals surface area contributed by atoms with Crippen molar-refractivity contribution in [3.05, 3.63) is 33.9 Å². The van der Waals surface area contributed by atoms with Gasteiger partial charge in [-0.15, -0.1) is 0 Å². The van der Waals surface area contributed by atoms with Crippen LogP contribution in [-0.4, -0.2) is 43.7 Å². The molecule has 132 valence electrons. The highest BCUT2D eigenvalue weighted by Gasteiger charge is 2.24. The Hall–Kier alpha value is -2.15. The molecule has 0 aliphatic carbocycles. The van der Waals surface area contributed by atoms with Gasteiger partial charge in [0.1, 0.15) is 0 Å². The van der Waals surface area contributed by atoms with Crippen molar-refractivity contribution in [1.82, 2.24) is 5.32 Å². The van der Waals surface area contributed by atoms with Crippen molar-refractivity contribution in [1.29, 1.82) is 0 Å². The molecule has 1 saturated heterocycles. The Labute approximate surface area is 142 Å². The van der Waals surface area contributed by atoms with Crippen LogP contribution in [0.15, 0.2) is 18.2 Å². The molecule has 24 heavy (non-hydrogen) atoms. The summed E-state index contributed by atoms with van der Waals surface area (Å²) in [5.74, 6) is 0.199. The molecule has 0 saturated carbocycles. The van der Waals surface area contributed by atoms with Crippen molar-refractivity contribution < 1.29 is 14.5 Å². The topological polar surface area (TPSA) is 84.7 Å². The van der Waals surface area contributed by atoms with Crippen LogP contribution >= 0.6 is 0 Å². The van der Waals surface area contributed by atoms with Crippen molar-refractivity contribution in [2.75, 3.05) is 31.6 Å². The molecule has 0 radical (unpaired) electrons. The summed E-state index contributed by atoms with van der Waals surface area (Å²) in [7, 11) is 1.52. The summed E-state index contributed by atoms with van der Waals surface area (Å²) in [4.78, 5) is 24.7. The van der Waals surface area contributed by atoms with Gasteiger partial charge in [0.05, 0.1) is 22.3 Å². The number of hydrogen-bond acceptors (Lipinski definition) is 5. The van der Waals surface area contributed by atoms with E-state index in [2.05, 4.69) is 24.1 Å². The van der Waals surface area contributed by atoms with E-state index in [9.17, 15) is 14.9 Å². The van der Waals surface area contributed by atoms with E-state index >= 15 is 0 Å². The first-order valence-electron chi connectivity index (χ1n) is 8.29. The van der Waals surface area contributed by atoms with E-state index in [0.29, 0.717) is 11.5 Å². The Morgan fingerprint density at radius 1 is 1.42 bits per heavy atom. The standard InChI is InChI=1S/C17H25N3O4/c1-12(2)11-24-14-6-8-19(9-7-14)16-5-4-13(20(22)23)10-15(16)17(21)18-3/h4-5,10,12,14H,6-9,11H2,1-3H3,(H,18,21). The van der Waals surface area contributed by atoms with Gasteiger partial charge in [-0.3, -0.25) is 14.9 Å². The lowest BCUT2D eigenvalue weighted by Crippen LogP contribution is -2.38. The fourth-order valence-corrected chi connectivity index (χ4v) is 2.82. The van der Waals surface area contributed by atoms with Gasteiger partial charge in [-0.05, 0) is 24.8 Å². The fraction of sp³-hybridized carbons (Fsp3) is 0.588. The summed E-state index contributed by atoms with van der Waals surface area (Å²) in [6.45, 7) is 6.55. The predicted molar refractivity (Wildman–Crippen MR) is 92.5 cm³/mol. The lowest BCUT2D eigenvalue weighted by Gasteiger charge is -2.34. The molecular weight excluding hydrogens is 310 g/mol. The number of nitrogens with one attached hydrogen (secondary N) is 1. The molecule has 1 N–H and O–H groups in total. The molecule has 1 aliphatic heterocycles. The van der Waals surface area contributed by atoms with Crippen molar-refractivity contribution in [3.63, 3.8) is 0 Å². The van der Waals surface area contributed by atoms with Gasteiger partial charge >= 0.3 is 0 Å². The number of carbonyl (C=O) groups is 1. The van der Waals surface area contributed by atoms with Crippen LogP contribution in [0, 0.1) is 16.0 Å². The molecule has 0 aromatic heterocycles. The van der Waals surface area contributed by atoms with Gasteiger partial charge in [0.15, 0.2) is 0 Å². The van der Waals surface area contributed by atoms with Crippen molar-refractivity contribution in [2.24, 2.45) is 5.92 Å². The molecule has 1 aromatic rings. The number of benzene rings is 1. The monoisotopic (exact) mass is 335 g/mol. The van der Waals surface area contributed by atoms with Gasteiger partial charge < -0.3 is 15.0 Å². The number of piperidine rings is 1. The molecule has 0 bridgehead atoms. The number of anilines is 1. The largest absolute Gasteiger partial charge is 0.378 e. The first-order chi connectivity index (χ1) is 11.4. The highest BCUT2D eigenvalue weighted by molar-refractivity contribution is 6.00. The summed E-state index contributed by atoms with van der Waals surface area (Å²) in [6, 6.07) is 4.46. The first kappa shape index (κ1) is 18.2. The SMILES string of the molecule is CNC(=O)c1cc([N+](=O)[O-])ccc1N1CCC(OCC(C)C)CC1. The van der Waals surface area contributed by atoms with Crippen LogP contribution in [0.5, 0.6) is 0 Å². The molecule has 7 nitrogen and oxygen atoms in total. The van der Waals surface area contributed by atoms with Crippen molar-refractivity contribution in [2.45, 2.75) is 32.8 Å². The molecular formula is C17H25N3O4. The number of non-ortho nitro benzene ring substituents is 1. The maximum absolute atomic E-state index is 12.1. The predicted octanol–water partition coefficient (Wildman–Crippen LogP) is 2.60. The van der Waals surface area contributed by atoms with Gasteiger partial charge in [0.2, 0.25) is 0 Å². The van der Waals surface area contributed by atoms with Gasteiger partial charge in [0, 0.05) is 38.9 Å². The fourth-order valence-electron chi connectivity index (χ4n) is 2.82. The Morgan fingerprint density at radius 3 is 2.62 bits per heavy atom. The number of nitro benzene ring substituents is 1. The zero-order valence-electron chi connectivity index (χ0n) is 14.4. The van der Waals surface area contributed by atoms with Crippen LogP contribution in [0.3, 0.4) is 0 Å². The summed E-state index contributed by atoms with van der Waals surface area (Å²) >= 11 is 0. The molecule has 1 amide bonds. The average molecular weight is 335 g/mol. The third-order valence-electron chi connectivity index (χ3n) is 4.11. The van der Waals surface area contributed by atoms with E-state index < -0.39 is 4.92 Å². The molecule has 1 aliphatic rings. The third-order valence-corrected chi connectivity index (χ3v) is 4.11. The second-order valence-corrected chi connectivity index (χ2v) is 6.45. The highest BCUT2D eigenvalue weighted by Crippen LogP contribution is 2.28. The van der Waals surface area contributed by atoms with E-state index in [1.54, 1.807) is 6.07 Å². The van der Waals surface area contributed by atoms with E-state index in [4.69, 9.17) is 4.74 Å². The van der Waals surface area contributed by atoms with Crippen LogP contribution in [0.25, 0.3) is 0 Å². The van der Waals surface area contributed by atoms with Gasteiger partial charge in [-0.2, -0.15) is 0 Å². The minimum Gasteiger partial charge on any atom is -0.378 e. The first-order valence-corrected chi connectivity index (χ1v) is 8.29. The molecule has 7 heteroatoms. The van der Waals surface area contributed by atoms with Crippen molar-refractivity contribution in [3.8, 4) is 0 Å². The molecule has 0 unspecified atom stereocenters. The van der Waals surface area contributed by atoms with Crippen LogP contribution in [0.2, 0.25) is 0 Å². The zero-order chi connectivity index (χ0) is 17.7. The van der Waals surface area contributed by atoms with Crippen LogP contribution < -0.4 is 10.2 Å². The van der Waals surface area contributed by atoms with Crippen LogP contribution in [-0.2, 0) is 4.74 Å². The Morgan fingerprint density at radius 2 is 2.08 bits per heavy atom. The molecule has 1 aromatic carbocycles. The molecule has 1 heterocycles. The Bertz CT molecular complexity index is 595. The minimum atomic E-state index is -0.484. The van der Waals surface area contributed by atoms with Crippen LogP contribution in [0.1, 0.15) is 37.0 Å². The minimum absolute atomic E-state index is 0.0764. The number of nitrogens with zero attached hydrogens (tertiary/aromatic N) is 2. The Kier molecular flexibility index (Phi) is 6.14. The second kappa shape index (κ2) is 8.10. The second-order valence-electron chi connectivity index (χ2n) is 6.45. The number of amides is 1. The molecule has 1 fully saturated rings. The summed E-state index contributed by atoms with van der Waals surface area (Å²) in [5, 5.41) is 13.5. The highest BCUT2D eigenvalue weighted by atomic mass is 16.6. The number of nitro groups is 1. The lowest BCUT2D eigenvalue weighted by atomic mass is 10.0.